The summed E-state index contributed by atoms with van der Waals surface area (Å²) in [4.78, 5) is 14.9. The van der Waals surface area contributed by atoms with E-state index in [1.54, 1.807) is 24.3 Å². The zero-order valence-electron chi connectivity index (χ0n) is 15.3. The number of nitrogens with zero attached hydrogens (tertiary/aromatic N) is 2. The Kier molecular flexibility index (Phi) is 6.53. The molecule has 6 nitrogen and oxygen atoms in total. The number of anilines is 1. The van der Waals surface area contributed by atoms with Crippen molar-refractivity contribution in [1.29, 1.82) is 0 Å². The smallest absolute Gasteiger partial charge is 0.251 e. The fraction of sp³-hybridized carbons (Fsp3) is 0.632. The molecule has 1 N–H and O–H groups in total. The summed E-state index contributed by atoms with van der Waals surface area (Å²) < 4.78 is 25.9. The van der Waals surface area contributed by atoms with E-state index < -0.39 is 10.0 Å². The highest BCUT2D eigenvalue weighted by atomic mass is 32.2. The van der Waals surface area contributed by atoms with E-state index >= 15 is 0 Å². The van der Waals surface area contributed by atoms with Gasteiger partial charge in [0.15, 0.2) is 0 Å². The van der Waals surface area contributed by atoms with E-state index in [0.29, 0.717) is 30.8 Å². The number of piperidine rings is 1. The van der Waals surface area contributed by atoms with Crippen LogP contribution >= 0.6 is 0 Å². The predicted octanol–water partition coefficient (Wildman–Crippen LogP) is 2.22. The Morgan fingerprint density at radius 3 is 2.58 bits per heavy atom. The number of hydrogen-bond donors (Lipinski definition) is 1. The third-order valence-electron chi connectivity index (χ3n) is 5.13. The van der Waals surface area contributed by atoms with Crippen LogP contribution in [-0.4, -0.2) is 57.7 Å². The molecule has 0 atom stereocenters. The van der Waals surface area contributed by atoms with Crippen LogP contribution in [0.5, 0.6) is 0 Å². The van der Waals surface area contributed by atoms with E-state index in [9.17, 15) is 13.2 Å². The van der Waals surface area contributed by atoms with Crippen molar-refractivity contribution in [3.8, 4) is 0 Å². The molecule has 3 rings (SSSR count). The molecule has 2 fully saturated rings. The molecule has 1 aromatic rings. The first kappa shape index (κ1) is 19.2. The molecular weight excluding hydrogens is 350 g/mol. The van der Waals surface area contributed by atoms with Gasteiger partial charge in [0, 0.05) is 18.7 Å². The minimum atomic E-state index is -3.26. The highest BCUT2D eigenvalue weighted by Crippen LogP contribution is 2.24. The Labute approximate surface area is 156 Å². The van der Waals surface area contributed by atoms with Crippen LogP contribution < -0.4 is 9.62 Å². The molecule has 2 aliphatic rings. The molecule has 1 aromatic carbocycles. The van der Waals surface area contributed by atoms with Crippen LogP contribution in [0.1, 0.15) is 48.9 Å². The Hall–Kier alpha value is -1.60. The summed E-state index contributed by atoms with van der Waals surface area (Å²) >= 11 is 0. The molecule has 0 saturated carbocycles. The number of sulfonamides is 1. The molecule has 0 aromatic heterocycles. The molecule has 2 aliphatic heterocycles. The van der Waals surface area contributed by atoms with Crippen LogP contribution in [0.2, 0.25) is 0 Å². The van der Waals surface area contributed by atoms with E-state index in [1.165, 1.54) is 36.7 Å². The average Bonchev–Trinajstić information content (AvgIpc) is 2.65. The molecule has 0 aliphatic carbocycles. The molecule has 7 heteroatoms. The fourth-order valence-electron chi connectivity index (χ4n) is 3.67. The van der Waals surface area contributed by atoms with Crippen LogP contribution in [0.15, 0.2) is 24.3 Å². The molecule has 0 radical (unpaired) electrons. The van der Waals surface area contributed by atoms with Gasteiger partial charge in [0.1, 0.15) is 0 Å². The first-order chi connectivity index (χ1) is 12.6. The summed E-state index contributed by atoms with van der Waals surface area (Å²) in [5.74, 6) is 0.0415. The number of nitrogens with one attached hydrogen (secondary N) is 1. The Morgan fingerprint density at radius 1 is 1.04 bits per heavy atom. The topological polar surface area (TPSA) is 69.7 Å². The van der Waals surface area contributed by atoms with Gasteiger partial charge in [0.25, 0.3) is 5.91 Å². The van der Waals surface area contributed by atoms with Crippen molar-refractivity contribution < 1.29 is 13.2 Å². The summed E-state index contributed by atoms with van der Waals surface area (Å²) in [5, 5.41) is 2.96. The third kappa shape index (κ3) is 4.98. The average molecular weight is 380 g/mol. The highest BCUT2D eigenvalue weighted by molar-refractivity contribution is 7.92. The molecule has 0 spiro atoms. The van der Waals surface area contributed by atoms with E-state index in [4.69, 9.17) is 0 Å². The first-order valence-corrected chi connectivity index (χ1v) is 11.3. The predicted molar refractivity (Wildman–Crippen MR) is 104 cm³/mol. The molecular formula is C19H29N3O3S. The van der Waals surface area contributed by atoms with Crippen molar-refractivity contribution in [2.24, 2.45) is 0 Å². The van der Waals surface area contributed by atoms with Gasteiger partial charge in [-0.25, -0.2) is 8.42 Å². The van der Waals surface area contributed by atoms with E-state index in [0.717, 1.165) is 19.4 Å². The first-order valence-electron chi connectivity index (χ1n) is 9.67. The molecule has 1 amide bonds. The Morgan fingerprint density at radius 2 is 1.81 bits per heavy atom. The van der Waals surface area contributed by atoms with Crippen molar-refractivity contribution in [1.82, 2.24) is 10.2 Å². The summed E-state index contributed by atoms with van der Waals surface area (Å²) in [6.45, 7) is 4.48. The van der Waals surface area contributed by atoms with E-state index in [1.807, 2.05) is 0 Å². The number of carbonyl (C=O) groups excluding carboxylic acids is 1. The lowest BCUT2D eigenvalue weighted by Gasteiger charge is -2.28. The second kappa shape index (κ2) is 8.86. The van der Waals surface area contributed by atoms with Gasteiger partial charge in [0.2, 0.25) is 10.0 Å². The van der Waals surface area contributed by atoms with Gasteiger partial charge >= 0.3 is 0 Å². The number of hydrogen-bond acceptors (Lipinski definition) is 4. The van der Waals surface area contributed by atoms with Crippen molar-refractivity contribution in [2.45, 2.75) is 38.5 Å². The lowest BCUT2D eigenvalue weighted by Crippen LogP contribution is -2.38. The van der Waals surface area contributed by atoms with E-state index in [2.05, 4.69) is 10.2 Å². The highest BCUT2D eigenvalue weighted by Gasteiger charge is 2.26. The molecule has 0 unspecified atom stereocenters. The zero-order valence-corrected chi connectivity index (χ0v) is 16.1. The SMILES string of the molecule is O=C(NCCCN1CCCCC1)c1cccc(N2CCCCS2(=O)=O)c1. The maximum Gasteiger partial charge on any atom is 0.251 e. The van der Waals surface area contributed by atoms with Crippen LogP contribution in [-0.2, 0) is 10.0 Å². The van der Waals surface area contributed by atoms with Gasteiger partial charge in [-0.15, -0.1) is 0 Å². The third-order valence-corrected chi connectivity index (χ3v) is 7.00. The van der Waals surface area contributed by atoms with Gasteiger partial charge in [-0.3, -0.25) is 9.10 Å². The molecule has 0 bridgehead atoms. The number of likely N-dealkylation sites (tertiary alicyclic amines) is 1. The Balaban J connectivity index is 1.53. The van der Waals surface area contributed by atoms with Crippen LogP contribution in [0, 0.1) is 0 Å². The molecule has 144 valence electrons. The quantitative estimate of drug-likeness (QED) is 0.770. The molecule has 2 saturated heterocycles. The molecule has 2 heterocycles. The Bertz CT molecular complexity index is 714. The number of carbonyl (C=O) groups is 1. The lowest BCUT2D eigenvalue weighted by molar-refractivity contribution is 0.0951. The lowest BCUT2D eigenvalue weighted by atomic mass is 10.1. The maximum absolute atomic E-state index is 12.4. The normalized spacial score (nSPS) is 20.7. The minimum absolute atomic E-state index is 0.139. The van der Waals surface area contributed by atoms with Gasteiger partial charge < -0.3 is 10.2 Å². The van der Waals surface area contributed by atoms with Crippen molar-refractivity contribution in [3.63, 3.8) is 0 Å². The largest absolute Gasteiger partial charge is 0.352 e. The van der Waals surface area contributed by atoms with Gasteiger partial charge in [-0.1, -0.05) is 12.5 Å². The van der Waals surface area contributed by atoms with Gasteiger partial charge in [-0.2, -0.15) is 0 Å². The number of amides is 1. The molecule has 26 heavy (non-hydrogen) atoms. The standard InChI is InChI=1S/C19H29N3O3S/c23-19(20-10-7-13-21-11-2-1-3-12-21)17-8-6-9-18(16-17)22-14-4-5-15-26(22,24)25/h6,8-9,16H,1-5,7,10-15H2,(H,20,23). The summed E-state index contributed by atoms with van der Waals surface area (Å²) in [5.41, 5.74) is 1.10. The summed E-state index contributed by atoms with van der Waals surface area (Å²) in [6, 6.07) is 6.93. The summed E-state index contributed by atoms with van der Waals surface area (Å²) in [7, 11) is -3.26. The van der Waals surface area contributed by atoms with Gasteiger partial charge in [0.05, 0.1) is 11.4 Å². The summed E-state index contributed by atoms with van der Waals surface area (Å²) in [6.07, 6.45) is 6.38. The second-order valence-corrected chi connectivity index (χ2v) is 9.17. The van der Waals surface area contributed by atoms with E-state index in [-0.39, 0.29) is 11.7 Å². The van der Waals surface area contributed by atoms with Crippen molar-refractivity contribution >= 4 is 21.6 Å². The monoisotopic (exact) mass is 379 g/mol. The minimum Gasteiger partial charge on any atom is -0.352 e. The second-order valence-electron chi connectivity index (χ2n) is 7.16. The zero-order chi connectivity index (χ0) is 18.4. The van der Waals surface area contributed by atoms with Crippen molar-refractivity contribution in [3.05, 3.63) is 29.8 Å². The van der Waals surface area contributed by atoms with Crippen LogP contribution in [0.4, 0.5) is 5.69 Å². The van der Waals surface area contributed by atoms with Crippen LogP contribution in [0.25, 0.3) is 0 Å². The number of rotatable bonds is 6. The van der Waals surface area contributed by atoms with Crippen molar-refractivity contribution in [2.75, 3.05) is 42.8 Å². The maximum atomic E-state index is 12.4. The van der Waals surface area contributed by atoms with Crippen LogP contribution in [0.3, 0.4) is 0 Å². The van der Waals surface area contributed by atoms with Gasteiger partial charge in [-0.05, 0) is 69.9 Å². The number of benzene rings is 1. The fourth-order valence-corrected chi connectivity index (χ4v) is 5.30.